The van der Waals surface area contributed by atoms with Gasteiger partial charge in [0, 0.05) is 45.1 Å². The Morgan fingerprint density at radius 2 is 1.95 bits per heavy atom. The molecule has 198 valence electrons. The number of anilines is 2. The Morgan fingerprint density at radius 1 is 1.27 bits per heavy atom. The molecule has 0 bridgehead atoms. The lowest BCUT2D eigenvalue weighted by Crippen LogP contribution is -2.55. The fourth-order valence-corrected chi connectivity index (χ4v) is 6.46. The van der Waals surface area contributed by atoms with E-state index in [2.05, 4.69) is 21.6 Å². The number of nitrogens with one attached hydrogen (secondary N) is 2. The predicted molar refractivity (Wildman–Crippen MR) is 137 cm³/mol. The largest absolute Gasteiger partial charge is 0.369 e. The van der Waals surface area contributed by atoms with Crippen molar-refractivity contribution in [3.8, 4) is 6.07 Å². The molecule has 1 atom stereocenters. The van der Waals surface area contributed by atoms with Crippen LogP contribution in [0.4, 0.5) is 15.9 Å². The van der Waals surface area contributed by atoms with E-state index in [1.807, 2.05) is 10.8 Å². The minimum absolute atomic E-state index is 0.172. The highest BCUT2D eigenvalue weighted by molar-refractivity contribution is 7.89. The average molecular weight is 530 g/mol. The average Bonchev–Trinajstić information content (AvgIpc) is 3.23. The Labute approximate surface area is 216 Å². The van der Waals surface area contributed by atoms with Crippen molar-refractivity contribution < 1.29 is 17.9 Å². The molecule has 3 heterocycles. The standard InChI is InChI=1S/C25H32FN7O3S/c1-31(2)37(35,36)20-5-3-18(4-6-20)29-23-22-21(9-14-28-24(22)34)33(30-23)25(12-13-27)10-7-19(8-11-25)32-15-17(26)16-32/h3-6,9,14,17,19,24,28,34H,7-8,10-12,15-16H2,1-2H3,(H,29,30). The van der Waals surface area contributed by atoms with Crippen LogP contribution >= 0.6 is 0 Å². The highest BCUT2D eigenvalue weighted by atomic mass is 32.2. The quantitative estimate of drug-likeness (QED) is 0.500. The molecule has 1 saturated heterocycles. The number of fused-ring (bicyclic) bond motifs is 1. The van der Waals surface area contributed by atoms with Gasteiger partial charge in [0.15, 0.2) is 12.0 Å². The normalized spacial score (nSPS) is 26.3. The first kappa shape index (κ1) is 25.7. The first-order valence-electron chi connectivity index (χ1n) is 12.4. The van der Waals surface area contributed by atoms with Crippen LogP contribution in [0, 0.1) is 11.3 Å². The molecule has 0 radical (unpaired) electrons. The van der Waals surface area contributed by atoms with Crippen molar-refractivity contribution in [3.05, 3.63) is 41.7 Å². The van der Waals surface area contributed by atoms with Gasteiger partial charge in [-0.2, -0.15) is 10.4 Å². The maximum absolute atomic E-state index is 13.4. The first-order valence-corrected chi connectivity index (χ1v) is 13.9. The van der Waals surface area contributed by atoms with Gasteiger partial charge in [0.2, 0.25) is 10.0 Å². The zero-order valence-electron chi connectivity index (χ0n) is 20.9. The molecular formula is C25H32FN7O3S. The molecule has 5 rings (SSSR count). The molecule has 3 aliphatic rings. The fourth-order valence-electron chi connectivity index (χ4n) is 5.56. The molecule has 3 N–H and O–H groups in total. The summed E-state index contributed by atoms with van der Waals surface area (Å²) in [6, 6.07) is 9.00. The van der Waals surface area contributed by atoms with E-state index in [0.717, 1.165) is 35.7 Å². The second kappa shape index (κ2) is 9.72. The zero-order valence-corrected chi connectivity index (χ0v) is 21.7. The molecule has 1 aromatic heterocycles. The third-order valence-corrected chi connectivity index (χ3v) is 9.58. The summed E-state index contributed by atoms with van der Waals surface area (Å²) in [5, 5.41) is 31.5. The Morgan fingerprint density at radius 3 is 2.54 bits per heavy atom. The van der Waals surface area contributed by atoms with Gasteiger partial charge in [-0.1, -0.05) is 0 Å². The van der Waals surface area contributed by atoms with Crippen LogP contribution in [0.25, 0.3) is 6.08 Å². The molecule has 1 aliphatic carbocycles. The number of hydrogen-bond donors (Lipinski definition) is 3. The molecular weight excluding hydrogens is 497 g/mol. The molecule has 10 nitrogen and oxygen atoms in total. The minimum Gasteiger partial charge on any atom is -0.369 e. The summed E-state index contributed by atoms with van der Waals surface area (Å²) < 4.78 is 41.3. The Balaban J connectivity index is 1.45. The Hall–Kier alpha value is -2.98. The number of benzene rings is 1. The van der Waals surface area contributed by atoms with Crippen molar-refractivity contribution in [3.63, 3.8) is 0 Å². The lowest BCUT2D eigenvalue weighted by Gasteiger charge is -2.47. The van der Waals surface area contributed by atoms with Crippen LogP contribution < -0.4 is 10.6 Å². The summed E-state index contributed by atoms with van der Waals surface area (Å²) in [5.41, 5.74) is 1.36. The van der Waals surface area contributed by atoms with Gasteiger partial charge in [-0.25, -0.2) is 17.1 Å². The molecule has 12 heteroatoms. The van der Waals surface area contributed by atoms with Crippen LogP contribution in [0.15, 0.2) is 35.4 Å². The number of hydrogen-bond acceptors (Lipinski definition) is 8. The van der Waals surface area contributed by atoms with Crippen LogP contribution in [-0.4, -0.2) is 71.9 Å². The molecule has 1 aromatic carbocycles. The number of aliphatic hydroxyl groups is 1. The summed E-state index contributed by atoms with van der Waals surface area (Å²) in [6.45, 7) is 0.965. The summed E-state index contributed by atoms with van der Waals surface area (Å²) in [4.78, 5) is 2.35. The summed E-state index contributed by atoms with van der Waals surface area (Å²) in [5.74, 6) is 0.435. The maximum Gasteiger partial charge on any atom is 0.242 e. The molecule has 37 heavy (non-hydrogen) atoms. The highest BCUT2D eigenvalue weighted by Gasteiger charge is 2.44. The molecule has 2 fully saturated rings. The van der Waals surface area contributed by atoms with Gasteiger partial charge >= 0.3 is 0 Å². The van der Waals surface area contributed by atoms with Gasteiger partial charge in [0.1, 0.15) is 6.17 Å². The monoisotopic (exact) mass is 529 g/mol. The number of alkyl halides is 1. The van der Waals surface area contributed by atoms with Crippen LogP contribution in [-0.2, 0) is 15.6 Å². The summed E-state index contributed by atoms with van der Waals surface area (Å²) in [7, 11) is -0.594. The van der Waals surface area contributed by atoms with Gasteiger partial charge in [0.05, 0.1) is 34.2 Å². The third-order valence-electron chi connectivity index (χ3n) is 7.75. The van der Waals surface area contributed by atoms with Gasteiger partial charge in [-0.15, -0.1) is 0 Å². The molecule has 0 amide bonds. The van der Waals surface area contributed by atoms with E-state index in [1.54, 1.807) is 18.3 Å². The van der Waals surface area contributed by atoms with E-state index in [9.17, 15) is 23.2 Å². The van der Waals surface area contributed by atoms with E-state index >= 15 is 0 Å². The molecule has 2 aromatic rings. The molecule has 1 saturated carbocycles. The van der Waals surface area contributed by atoms with Crippen molar-refractivity contribution in [2.75, 3.05) is 32.5 Å². The van der Waals surface area contributed by atoms with Crippen LogP contribution in [0.5, 0.6) is 0 Å². The predicted octanol–water partition coefficient (Wildman–Crippen LogP) is 2.65. The van der Waals surface area contributed by atoms with Gasteiger partial charge in [-0.05, 0) is 56.0 Å². The van der Waals surface area contributed by atoms with Gasteiger partial charge < -0.3 is 15.7 Å². The minimum atomic E-state index is -3.55. The maximum atomic E-state index is 13.4. The van der Waals surface area contributed by atoms with E-state index in [1.165, 1.54) is 26.2 Å². The van der Waals surface area contributed by atoms with Crippen molar-refractivity contribution in [1.82, 2.24) is 24.3 Å². The summed E-state index contributed by atoms with van der Waals surface area (Å²) >= 11 is 0. The van der Waals surface area contributed by atoms with Gasteiger partial charge in [-0.3, -0.25) is 9.58 Å². The smallest absolute Gasteiger partial charge is 0.242 e. The number of nitrogens with zero attached hydrogens (tertiary/aromatic N) is 5. The number of nitriles is 1. The van der Waals surface area contributed by atoms with Crippen LogP contribution in [0.2, 0.25) is 0 Å². The Bertz CT molecular complexity index is 1320. The van der Waals surface area contributed by atoms with E-state index in [-0.39, 0.29) is 11.3 Å². The lowest BCUT2D eigenvalue weighted by atomic mass is 9.76. The number of aliphatic hydroxyl groups excluding tert-OH is 1. The molecule has 2 aliphatic heterocycles. The van der Waals surface area contributed by atoms with Crippen molar-refractivity contribution in [2.24, 2.45) is 0 Å². The first-order chi connectivity index (χ1) is 17.6. The number of aromatic nitrogens is 2. The van der Waals surface area contributed by atoms with Crippen LogP contribution in [0.3, 0.4) is 0 Å². The van der Waals surface area contributed by atoms with Crippen molar-refractivity contribution in [2.45, 2.75) is 61.0 Å². The molecule has 1 unspecified atom stereocenters. The lowest BCUT2D eigenvalue weighted by molar-refractivity contribution is -0.00410. The number of rotatable bonds is 7. The van der Waals surface area contributed by atoms with Gasteiger partial charge in [0.25, 0.3) is 0 Å². The van der Waals surface area contributed by atoms with Crippen molar-refractivity contribution >= 4 is 27.6 Å². The van der Waals surface area contributed by atoms with E-state index < -0.39 is 28.0 Å². The number of sulfonamides is 1. The second-order valence-electron chi connectivity index (χ2n) is 10.2. The zero-order chi connectivity index (χ0) is 26.4. The number of halogens is 1. The Kier molecular flexibility index (Phi) is 6.74. The third kappa shape index (κ3) is 4.61. The SMILES string of the molecule is CN(C)S(=O)(=O)c1ccc(Nc2nn(C3(CC#N)CCC(N4CC(F)C4)CC3)c3c2C(O)NC=C3)cc1. The fraction of sp³-hybridized carbons (Fsp3) is 0.520. The van der Waals surface area contributed by atoms with E-state index in [0.29, 0.717) is 36.2 Å². The van der Waals surface area contributed by atoms with E-state index in [4.69, 9.17) is 5.10 Å². The summed E-state index contributed by atoms with van der Waals surface area (Å²) in [6.07, 6.45) is 5.19. The highest BCUT2D eigenvalue weighted by Crippen LogP contribution is 2.44. The van der Waals surface area contributed by atoms with Crippen molar-refractivity contribution in [1.29, 1.82) is 5.26 Å². The topological polar surface area (TPSA) is 127 Å². The second-order valence-corrected chi connectivity index (χ2v) is 12.4. The number of likely N-dealkylation sites (tertiary alicyclic amines) is 1. The molecule has 0 spiro atoms. The van der Waals surface area contributed by atoms with Crippen LogP contribution in [0.1, 0.15) is 49.6 Å².